The number of amides is 1. The zero-order valence-electron chi connectivity index (χ0n) is 14.0. The zero-order chi connectivity index (χ0) is 17.6. The summed E-state index contributed by atoms with van der Waals surface area (Å²) in [6.07, 6.45) is 4.70. The summed E-state index contributed by atoms with van der Waals surface area (Å²) in [7, 11) is 0. The van der Waals surface area contributed by atoms with E-state index in [0.717, 1.165) is 6.42 Å². The lowest BCUT2D eigenvalue weighted by atomic mass is 9.86. The molecule has 2 aromatic rings. The molecule has 0 bridgehead atoms. The average molecular weight is 381 g/mol. The number of halogens is 1. The van der Waals surface area contributed by atoms with Gasteiger partial charge in [-0.3, -0.25) is 4.79 Å². The molecule has 1 heterocycles. The number of nitrogens with zero attached hydrogens (tertiary/aromatic N) is 2. The quantitative estimate of drug-likeness (QED) is 0.735. The maximum absolute atomic E-state index is 13.2. The molecule has 0 aliphatic heterocycles. The third kappa shape index (κ3) is 5.40. The van der Waals surface area contributed by atoms with Crippen LogP contribution in [0.4, 0.5) is 15.2 Å². The Morgan fingerprint density at radius 3 is 3.00 bits per heavy atom. The van der Waals surface area contributed by atoms with Gasteiger partial charge in [0.2, 0.25) is 11.0 Å². The van der Waals surface area contributed by atoms with Crippen LogP contribution >= 0.6 is 23.1 Å². The predicted octanol–water partition coefficient (Wildman–Crippen LogP) is 4.21. The number of hydrogen-bond donors (Lipinski definition) is 2. The molecule has 1 fully saturated rings. The van der Waals surface area contributed by atoms with Gasteiger partial charge in [0.15, 0.2) is 4.34 Å². The van der Waals surface area contributed by atoms with Gasteiger partial charge in [-0.15, -0.1) is 10.2 Å². The van der Waals surface area contributed by atoms with Gasteiger partial charge < -0.3 is 10.6 Å². The van der Waals surface area contributed by atoms with Crippen LogP contribution in [0.3, 0.4) is 0 Å². The Kier molecular flexibility index (Phi) is 6.25. The third-order valence-electron chi connectivity index (χ3n) is 4.27. The van der Waals surface area contributed by atoms with Crippen LogP contribution in [0.1, 0.15) is 32.6 Å². The first-order chi connectivity index (χ1) is 12.1. The second-order valence-electron chi connectivity index (χ2n) is 6.23. The van der Waals surface area contributed by atoms with Crippen molar-refractivity contribution in [1.82, 2.24) is 15.5 Å². The summed E-state index contributed by atoms with van der Waals surface area (Å²) in [5, 5.41) is 14.8. The fourth-order valence-corrected chi connectivity index (χ4v) is 4.50. The van der Waals surface area contributed by atoms with E-state index in [1.54, 1.807) is 12.1 Å². The highest BCUT2D eigenvalue weighted by molar-refractivity contribution is 8.01. The van der Waals surface area contributed by atoms with Crippen LogP contribution in [-0.4, -0.2) is 27.9 Å². The van der Waals surface area contributed by atoms with Crippen LogP contribution in [-0.2, 0) is 4.79 Å². The minimum atomic E-state index is -0.308. The smallest absolute Gasteiger partial charge is 0.230 e. The minimum absolute atomic E-state index is 0.0404. The monoisotopic (exact) mass is 380 g/mol. The maximum Gasteiger partial charge on any atom is 0.230 e. The first-order valence-corrected chi connectivity index (χ1v) is 10.2. The summed E-state index contributed by atoms with van der Waals surface area (Å²) >= 11 is 2.72. The number of thioether (sulfide) groups is 1. The highest BCUT2D eigenvalue weighted by atomic mass is 32.2. The molecule has 0 radical (unpaired) electrons. The first-order valence-electron chi connectivity index (χ1n) is 8.38. The fraction of sp³-hybridized carbons (Fsp3) is 0.471. The van der Waals surface area contributed by atoms with Crippen molar-refractivity contribution < 1.29 is 9.18 Å². The van der Waals surface area contributed by atoms with Crippen molar-refractivity contribution in [3.05, 3.63) is 30.1 Å². The van der Waals surface area contributed by atoms with Gasteiger partial charge in [-0.1, -0.05) is 48.9 Å². The van der Waals surface area contributed by atoms with E-state index in [1.807, 2.05) is 0 Å². The molecular weight excluding hydrogens is 359 g/mol. The van der Waals surface area contributed by atoms with Crippen molar-refractivity contribution in [2.75, 3.05) is 11.1 Å². The highest BCUT2D eigenvalue weighted by Gasteiger charge is 2.22. The van der Waals surface area contributed by atoms with E-state index in [4.69, 9.17) is 0 Å². The van der Waals surface area contributed by atoms with Gasteiger partial charge in [-0.05, 0) is 37.0 Å². The molecule has 1 aromatic carbocycles. The molecule has 0 unspecified atom stereocenters. The lowest BCUT2D eigenvalue weighted by Crippen LogP contribution is -2.41. The van der Waals surface area contributed by atoms with Gasteiger partial charge in [0.1, 0.15) is 5.82 Å². The van der Waals surface area contributed by atoms with E-state index in [-0.39, 0.29) is 11.7 Å². The lowest BCUT2D eigenvalue weighted by molar-refractivity contribution is -0.119. The van der Waals surface area contributed by atoms with Gasteiger partial charge in [0.05, 0.1) is 5.75 Å². The Hall–Kier alpha value is -1.67. The molecule has 1 amide bonds. The third-order valence-corrected chi connectivity index (χ3v) is 6.24. The topological polar surface area (TPSA) is 66.9 Å². The van der Waals surface area contributed by atoms with E-state index in [0.29, 0.717) is 32.9 Å². The van der Waals surface area contributed by atoms with Gasteiger partial charge in [-0.2, -0.15) is 0 Å². The normalized spacial score (nSPS) is 20.2. The molecule has 0 saturated heterocycles. The standard InChI is InChI=1S/C17H21FN4OS2/c1-11-5-2-3-8-14(11)20-15(23)10-24-17-22-21-16(25-17)19-13-7-4-6-12(18)9-13/h4,6-7,9,11,14H,2-3,5,8,10H2,1H3,(H,19,21)(H,20,23)/t11-,14-/m0/s1. The summed E-state index contributed by atoms with van der Waals surface area (Å²) in [6, 6.07) is 6.47. The minimum Gasteiger partial charge on any atom is -0.352 e. The molecule has 1 aliphatic rings. The van der Waals surface area contributed by atoms with Crippen molar-refractivity contribution in [3.63, 3.8) is 0 Å². The van der Waals surface area contributed by atoms with E-state index in [9.17, 15) is 9.18 Å². The summed E-state index contributed by atoms with van der Waals surface area (Å²) < 4.78 is 13.9. The first kappa shape index (κ1) is 18.1. The van der Waals surface area contributed by atoms with Crippen molar-refractivity contribution in [2.45, 2.75) is 43.0 Å². The summed E-state index contributed by atoms with van der Waals surface area (Å²) in [6.45, 7) is 2.20. The predicted molar refractivity (Wildman–Crippen MR) is 99.9 cm³/mol. The number of benzene rings is 1. The zero-order valence-corrected chi connectivity index (χ0v) is 15.6. The maximum atomic E-state index is 13.2. The molecule has 3 rings (SSSR count). The van der Waals surface area contributed by atoms with Crippen molar-refractivity contribution in [3.8, 4) is 0 Å². The number of hydrogen-bond acceptors (Lipinski definition) is 6. The molecule has 8 heteroatoms. The molecule has 25 heavy (non-hydrogen) atoms. The Morgan fingerprint density at radius 1 is 1.36 bits per heavy atom. The molecule has 134 valence electrons. The second-order valence-corrected chi connectivity index (χ2v) is 8.43. The number of aromatic nitrogens is 2. The van der Waals surface area contributed by atoms with Crippen molar-refractivity contribution >= 4 is 39.8 Å². The Labute approximate surface area is 154 Å². The molecule has 1 saturated carbocycles. The fourth-order valence-electron chi connectivity index (χ4n) is 2.91. The van der Waals surface area contributed by atoms with Gasteiger partial charge in [0, 0.05) is 11.7 Å². The van der Waals surface area contributed by atoms with Crippen LogP contribution in [0.5, 0.6) is 0 Å². The molecule has 0 spiro atoms. The van der Waals surface area contributed by atoms with Crippen LogP contribution in [0, 0.1) is 11.7 Å². The number of carbonyl (C=O) groups is 1. The highest BCUT2D eigenvalue weighted by Crippen LogP contribution is 2.28. The summed E-state index contributed by atoms with van der Waals surface area (Å²) in [5.74, 6) is 0.611. The van der Waals surface area contributed by atoms with Gasteiger partial charge in [-0.25, -0.2) is 4.39 Å². The van der Waals surface area contributed by atoms with E-state index in [2.05, 4.69) is 27.8 Å². The molecule has 5 nitrogen and oxygen atoms in total. The molecule has 1 aliphatic carbocycles. The SMILES string of the molecule is C[C@H]1CCCC[C@@H]1NC(=O)CSc1nnc(Nc2cccc(F)c2)s1. The van der Waals surface area contributed by atoms with Crippen molar-refractivity contribution in [1.29, 1.82) is 0 Å². The number of nitrogens with one attached hydrogen (secondary N) is 2. The molecule has 1 aromatic heterocycles. The van der Waals surface area contributed by atoms with Crippen LogP contribution < -0.4 is 10.6 Å². The van der Waals surface area contributed by atoms with E-state index in [1.165, 1.54) is 54.5 Å². The van der Waals surface area contributed by atoms with Gasteiger partial charge >= 0.3 is 0 Å². The van der Waals surface area contributed by atoms with Crippen LogP contribution in [0.15, 0.2) is 28.6 Å². The number of carbonyl (C=O) groups excluding carboxylic acids is 1. The summed E-state index contributed by atoms with van der Waals surface area (Å²) in [4.78, 5) is 12.1. The second kappa shape index (κ2) is 8.62. The van der Waals surface area contributed by atoms with Crippen molar-refractivity contribution in [2.24, 2.45) is 5.92 Å². The largest absolute Gasteiger partial charge is 0.352 e. The van der Waals surface area contributed by atoms with E-state index < -0.39 is 0 Å². The lowest BCUT2D eigenvalue weighted by Gasteiger charge is -2.29. The molecule has 2 N–H and O–H groups in total. The molecule has 2 atom stereocenters. The Morgan fingerprint density at radius 2 is 2.20 bits per heavy atom. The van der Waals surface area contributed by atoms with Crippen LogP contribution in [0.25, 0.3) is 0 Å². The molecular formula is C17H21FN4OS2. The van der Waals surface area contributed by atoms with Crippen LogP contribution in [0.2, 0.25) is 0 Å². The van der Waals surface area contributed by atoms with E-state index >= 15 is 0 Å². The number of anilines is 2. The Bertz CT molecular complexity index is 724. The summed E-state index contributed by atoms with van der Waals surface area (Å²) in [5.41, 5.74) is 0.622. The van der Waals surface area contributed by atoms with Gasteiger partial charge in [0.25, 0.3) is 0 Å². The average Bonchev–Trinajstić information content (AvgIpc) is 3.03. The number of rotatable bonds is 6. The Balaban J connectivity index is 1.47.